The van der Waals surface area contributed by atoms with Crippen LogP contribution < -0.4 is 14.4 Å². The smallest absolute Gasteiger partial charge is 0.259 e. The molecule has 2 heterocycles. The molecule has 1 aliphatic carbocycles. The lowest BCUT2D eigenvalue weighted by Crippen LogP contribution is -2.57. The molecule has 2 aliphatic heterocycles. The van der Waals surface area contributed by atoms with Crippen molar-refractivity contribution in [1.82, 2.24) is 9.62 Å². The van der Waals surface area contributed by atoms with E-state index in [1.807, 2.05) is 65.6 Å². The fraction of sp³-hybridized carbons (Fsp3) is 0.375. The molecular weight excluding hydrogens is 576 g/mol. The van der Waals surface area contributed by atoms with Gasteiger partial charge in [0.2, 0.25) is 15.9 Å². The van der Waals surface area contributed by atoms with Crippen molar-refractivity contribution in [3.8, 4) is 5.75 Å². The Balaban J connectivity index is 1.42. The standard InChI is InChI=1S/C32H33F2N3O5S/c1-32(31(39)35-43(40,41)24-13-14-24)19-23(36-15-8-16-42-28-18-26(34)25(33)17-27(28)36)20-37(32)30(38)29(21-9-4-2-5-10-21)22-11-6-3-7-12-22/h2-7,9-12,17-18,23-24,29H,8,13-16,19-20H2,1H3,(H,35,39). The molecule has 2 atom stereocenters. The number of rotatable bonds is 7. The Morgan fingerprint density at radius 1 is 0.977 bits per heavy atom. The number of nitrogens with zero attached hydrogens (tertiary/aromatic N) is 2. The Kier molecular flexibility index (Phi) is 7.62. The van der Waals surface area contributed by atoms with Gasteiger partial charge in [-0.25, -0.2) is 17.2 Å². The normalized spacial score (nSPS) is 22.1. The fourth-order valence-electron chi connectivity index (χ4n) is 6.20. The zero-order chi connectivity index (χ0) is 30.4. The van der Waals surface area contributed by atoms with Crippen molar-refractivity contribution in [3.05, 3.63) is 95.6 Å². The SMILES string of the molecule is CC1(C(=O)NS(=O)(=O)C2CC2)CC(N2CCCOc3cc(F)c(F)cc32)CN1C(=O)C(c1ccccc1)c1ccccc1. The Morgan fingerprint density at radius 2 is 1.58 bits per heavy atom. The van der Waals surface area contributed by atoms with Crippen LogP contribution in [0.25, 0.3) is 0 Å². The lowest BCUT2D eigenvalue weighted by atomic mass is 9.88. The fourth-order valence-corrected chi connectivity index (χ4v) is 7.60. The number of halogens is 2. The van der Waals surface area contributed by atoms with E-state index < -0.39 is 50.3 Å². The predicted molar refractivity (Wildman–Crippen MR) is 157 cm³/mol. The van der Waals surface area contributed by atoms with Gasteiger partial charge in [-0.3, -0.25) is 14.3 Å². The van der Waals surface area contributed by atoms with Gasteiger partial charge in [0.25, 0.3) is 5.91 Å². The highest BCUT2D eigenvalue weighted by molar-refractivity contribution is 7.90. The van der Waals surface area contributed by atoms with E-state index in [4.69, 9.17) is 4.74 Å². The van der Waals surface area contributed by atoms with E-state index in [9.17, 15) is 26.8 Å². The zero-order valence-electron chi connectivity index (χ0n) is 23.7. The summed E-state index contributed by atoms with van der Waals surface area (Å²) in [6, 6.07) is 20.0. The minimum Gasteiger partial charge on any atom is -0.491 e. The molecule has 0 aromatic heterocycles. The maximum Gasteiger partial charge on any atom is 0.259 e. The van der Waals surface area contributed by atoms with Crippen molar-refractivity contribution >= 4 is 27.5 Å². The maximum absolute atomic E-state index is 14.7. The number of hydrogen-bond acceptors (Lipinski definition) is 6. The quantitative estimate of drug-likeness (QED) is 0.428. The van der Waals surface area contributed by atoms with Crippen molar-refractivity contribution in [3.63, 3.8) is 0 Å². The van der Waals surface area contributed by atoms with E-state index in [1.165, 1.54) is 4.90 Å². The van der Waals surface area contributed by atoms with Crippen molar-refractivity contribution in [2.45, 2.75) is 55.4 Å². The van der Waals surface area contributed by atoms with Gasteiger partial charge in [0.15, 0.2) is 11.6 Å². The molecule has 11 heteroatoms. The molecule has 2 fully saturated rings. The van der Waals surface area contributed by atoms with Gasteiger partial charge < -0.3 is 14.5 Å². The van der Waals surface area contributed by atoms with Crippen molar-refractivity contribution < 1.29 is 31.5 Å². The van der Waals surface area contributed by atoms with Crippen molar-refractivity contribution in [2.24, 2.45) is 0 Å². The van der Waals surface area contributed by atoms with Crippen LogP contribution in [0, 0.1) is 11.6 Å². The molecule has 3 aromatic rings. The highest BCUT2D eigenvalue weighted by atomic mass is 32.2. The van der Waals surface area contributed by atoms with Gasteiger partial charge in [-0.2, -0.15) is 0 Å². The third-order valence-electron chi connectivity index (χ3n) is 8.64. The average Bonchev–Trinajstić information content (AvgIpc) is 3.81. The molecule has 0 bridgehead atoms. The summed E-state index contributed by atoms with van der Waals surface area (Å²) in [6.07, 6.45) is 1.56. The highest BCUT2D eigenvalue weighted by Crippen LogP contribution is 2.42. The van der Waals surface area contributed by atoms with Gasteiger partial charge in [0.1, 0.15) is 11.3 Å². The second-order valence-electron chi connectivity index (χ2n) is 11.6. The molecule has 3 aromatic carbocycles. The molecule has 1 N–H and O–H groups in total. The van der Waals surface area contributed by atoms with Crippen molar-refractivity contribution in [1.29, 1.82) is 0 Å². The number of carbonyl (C=O) groups is 2. The first-order valence-electron chi connectivity index (χ1n) is 14.4. The first-order chi connectivity index (χ1) is 20.6. The number of nitrogens with one attached hydrogen (secondary N) is 1. The number of likely N-dealkylation sites (tertiary alicyclic amines) is 1. The number of ether oxygens (including phenoxy) is 1. The van der Waals surface area contributed by atoms with Crippen LogP contribution in [-0.4, -0.2) is 61.7 Å². The summed E-state index contributed by atoms with van der Waals surface area (Å²) in [6.45, 7) is 2.33. The first kappa shape index (κ1) is 29.1. The van der Waals surface area contributed by atoms with Gasteiger partial charge in [-0.1, -0.05) is 60.7 Å². The van der Waals surface area contributed by atoms with Crippen LogP contribution in [0.5, 0.6) is 5.75 Å². The molecule has 226 valence electrons. The van der Waals surface area contributed by atoms with Crippen molar-refractivity contribution in [2.75, 3.05) is 24.6 Å². The molecular formula is C32H33F2N3O5S. The highest BCUT2D eigenvalue weighted by Gasteiger charge is 2.54. The number of carbonyl (C=O) groups excluding carboxylic acids is 2. The van der Waals surface area contributed by atoms with E-state index in [0.29, 0.717) is 31.5 Å². The molecule has 1 saturated carbocycles. The summed E-state index contributed by atoms with van der Waals surface area (Å²) < 4.78 is 62.4. The zero-order valence-corrected chi connectivity index (χ0v) is 24.5. The Morgan fingerprint density at radius 3 is 2.19 bits per heavy atom. The summed E-state index contributed by atoms with van der Waals surface area (Å²) in [7, 11) is -3.91. The minimum atomic E-state index is -3.91. The average molecular weight is 610 g/mol. The molecule has 6 rings (SSSR count). The predicted octanol–water partition coefficient (Wildman–Crippen LogP) is 4.35. The Bertz CT molecular complexity index is 1600. The topological polar surface area (TPSA) is 96.0 Å². The summed E-state index contributed by atoms with van der Waals surface area (Å²) in [5.74, 6) is -3.81. The third-order valence-corrected chi connectivity index (χ3v) is 10.5. The number of amides is 2. The Labute approximate surface area is 249 Å². The van der Waals surface area contributed by atoms with Gasteiger partial charge >= 0.3 is 0 Å². The lowest BCUT2D eigenvalue weighted by molar-refractivity contribution is -0.143. The second-order valence-corrected chi connectivity index (χ2v) is 13.6. The van der Waals surface area contributed by atoms with Gasteiger partial charge in [-0.05, 0) is 37.3 Å². The van der Waals surface area contributed by atoms with Gasteiger partial charge in [-0.15, -0.1) is 0 Å². The molecule has 0 radical (unpaired) electrons. The maximum atomic E-state index is 14.7. The Hall–Kier alpha value is -3.99. The summed E-state index contributed by atoms with van der Waals surface area (Å²) >= 11 is 0. The van der Waals surface area contributed by atoms with Gasteiger partial charge in [0, 0.05) is 37.7 Å². The molecule has 43 heavy (non-hydrogen) atoms. The molecule has 0 spiro atoms. The molecule has 1 saturated heterocycles. The summed E-state index contributed by atoms with van der Waals surface area (Å²) in [4.78, 5) is 31.9. The van der Waals surface area contributed by atoms with E-state index in [2.05, 4.69) is 4.72 Å². The number of sulfonamides is 1. The van der Waals surface area contributed by atoms with E-state index in [-0.39, 0.29) is 31.2 Å². The minimum absolute atomic E-state index is 0.0564. The van der Waals surface area contributed by atoms with Crippen LogP contribution in [0.4, 0.5) is 14.5 Å². The van der Waals surface area contributed by atoms with Crippen LogP contribution in [0.2, 0.25) is 0 Å². The number of benzene rings is 3. The van der Waals surface area contributed by atoms with Crippen LogP contribution in [0.3, 0.4) is 0 Å². The summed E-state index contributed by atoms with van der Waals surface area (Å²) in [5.41, 5.74) is 0.215. The summed E-state index contributed by atoms with van der Waals surface area (Å²) in [5, 5.41) is -0.629. The third kappa shape index (κ3) is 5.58. The molecule has 2 unspecified atom stereocenters. The largest absolute Gasteiger partial charge is 0.491 e. The first-order valence-corrected chi connectivity index (χ1v) is 16.0. The van der Waals surface area contributed by atoms with E-state index >= 15 is 0 Å². The van der Waals surface area contributed by atoms with Gasteiger partial charge in [0.05, 0.1) is 23.5 Å². The van der Waals surface area contributed by atoms with Crippen LogP contribution in [0.15, 0.2) is 72.8 Å². The van der Waals surface area contributed by atoms with Crippen LogP contribution in [-0.2, 0) is 19.6 Å². The van der Waals surface area contributed by atoms with E-state index in [1.54, 1.807) is 6.92 Å². The number of fused-ring (bicyclic) bond motifs is 1. The number of anilines is 1. The monoisotopic (exact) mass is 609 g/mol. The lowest BCUT2D eigenvalue weighted by Gasteiger charge is -2.36. The van der Waals surface area contributed by atoms with E-state index in [0.717, 1.165) is 23.3 Å². The molecule has 3 aliphatic rings. The molecule has 8 nitrogen and oxygen atoms in total. The number of hydrogen-bond donors (Lipinski definition) is 1. The van der Waals surface area contributed by atoms with Crippen LogP contribution in [0.1, 0.15) is 49.7 Å². The molecule has 2 amide bonds. The second kappa shape index (κ2) is 11.3. The van der Waals surface area contributed by atoms with Crippen LogP contribution >= 0.6 is 0 Å².